The summed E-state index contributed by atoms with van der Waals surface area (Å²) in [5, 5.41) is 2.80. The Morgan fingerprint density at radius 1 is 0.923 bits per heavy atom. The summed E-state index contributed by atoms with van der Waals surface area (Å²) in [4.78, 5) is 12.6. The van der Waals surface area contributed by atoms with Crippen LogP contribution in [0.1, 0.15) is 54.5 Å². The lowest BCUT2D eigenvalue weighted by Gasteiger charge is -2.22. The highest BCUT2D eigenvalue weighted by Gasteiger charge is 2.37. The molecule has 1 amide bonds. The first kappa shape index (κ1) is 28.4. The molecule has 1 aliphatic carbocycles. The Bertz CT molecular complexity index is 1270. The van der Waals surface area contributed by atoms with Crippen LogP contribution in [0.15, 0.2) is 48.5 Å². The lowest BCUT2D eigenvalue weighted by atomic mass is 9.96. The fourth-order valence-electron chi connectivity index (χ4n) is 4.73. The number of carbonyl (C=O) groups excluding carboxylic acids is 1. The molecule has 1 saturated carbocycles. The minimum atomic E-state index is -5.00. The van der Waals surface area contributed by atoms with Crippen molar-refractivity contribution in [2.45, 2.75) is 64.0 Å². The summed E-state index contributed by atoms with van der Waals surface area (Å²) in [6.07, 6.45) is -6.08. The smallest absolute Gasteiger partial charge is 0.416 e. The third-order valence-electron chi connectivity index (χ3n) is 6.83. The van der Waals surface area contributed by atoms with Gasteiger partial charge < -0.3 is 19.4 Å². The van der Waals surface area contributed by atoms with E-state index in [1.807, 2.05) is 0 Å². The number of halogens is 6. The zero-order chi connectivity index (χ0) is 28.4. The molecule has 0 atom stereocenters. The lowest BCUT2D eigenvalue weighted by molar-refractivity contribution is -0.143. The largest absolute Gasteiger partial charge is 0.497 e. The van der Waals surface area contributed by atoms with Gasteiger partial charge in [-0.2, -0.15) is 26.3 Å². The van der Waals surface area contributed by atoms with Crippen LogP contribution < -0.4 is 14.8 Å². The average molecular weight is 555 g/mol. The second kappa shape index (κ2) is 11.2. The van der Waals surface area contributed by atoms with Crippen molar-refractivity contribution >= 4 is 6.09 Å². The number of methoxy groups -OCH3 is 1. The van der Waals surface area contributed by atoms with E-state index in [1.54, 1.807) is 31.2 Å². The molecule has 1 N–H and O–H groups in total. The zero-order valence-electron chi connectivity index (χ0n) is 21.4. The van der Waals surface area contributed by atoms with E-state index in [-0.39, 0.29) is 35.7 Å². The Balaban J connectivity index is 1.77. The van der Waals surface area contributed by atoms with Gasteiger partial charge in [0.05, 0.1) is 29.6 Å². The van der Waals surface area contributed by atoms with Crippen LogP contribution in [0.25, 0.3) is 11.3 Å². The number of nitrogens with zero attached hydrogens (tertiary/aromatic N) is 1. The Kier molecular flexibility index (Phi) is 8.17. The van der Waals surface area contributed by atoms with Gasteiger partial charge in [-0.25, -0.2) is 4.79 Å². The molecule has 39 heavy (non-hydrogen) atoms. The van der Waals surface area contributed by atoms with E-state index >= 15 is 0 Å². The maximum atomic E-state index is 13.6. The van der Waals surface area contributed by atoms with Crippen molar-refractivity contribution in [2.24, 2.45) is 0 Å². The molecule has 1 aliphatic rings. The third kappa shape index (κ3) is 6.88. The number of aromatic nitrogens is 1. The molecule has 0 spiro atoms. The predicted molar refractivity (Wildman–Crippen MR) is 133 cm³/mol. The van der Waals surface area contributed by atoms with Crippen LogP contribution in [0.2, 0.25) is 0 Å². The Hall–Kier alpha value is -3.63. The normalized spacial score (nSPS) is 14.8. The van der Waals surface area contributed by atoms with Crippen LogP contribution in [0.5, 0.6) is 11.5 Å². The zero-order valence-corrected chi connectivity index (χ0v) is 21.4. The van der Waals surface area contributed by atoms with Crippen molar-refractivity contribution in [3.8, 4) is 22.8 Å². The molecule has 5 nitrogen and oxygen atoms in total. The van der Waals surface area contributed by atoms with E-state index in [2.05, 4.69) is 5.32 Å². The van der Waals surface area contributed by atoms with E-state index < -0.39 is 29.6 Å². The highest BCUT2D eigenvalue weighted by atomic mass is 19.4. The van der Waals surface area contributed by atoms with Gasteiger partial charge in [0.2, 0.25) is 0 Å². The van der Waals surface area contributed by atoms with Gasteiger partial charge in [0.15, 0.2) is 5.75 Å². The monoisotopic (exact) mass is 554 g/mol. The molecular weight excluding hydrogens is 526 g/mol. The summed E-state index contributed by atoms with van der Waals surface area (Å²) in [5.74, 6) is 0.622. The lowest BCUT2D eigenvalue weighted by Crippen LogP contribution is -2.38. The van der Waals surface area contributed by atoms with E-state index in [0.29, 0.717) is 29.1 Å². The second-order valence-electron chi connectivity index (χ2n) is 9.58. The summed E-state index contributed by atoms with van der Waals surface area (Å²) in [7, 11) is 1.50. The fraction of sp³-hybridized carbons (Fsp3) is 0.393. The van der Waals surface area contributed by atoms with Gasteiger partial charge >= 0.3 is 18.4 Å². The topological polar surface area (TPSA) is 52.5 Å². The summed E-state index contributed by atoms with van der Waals surface area (Å²) < 4.78 is 93.7. The number of carbonyl (C=O) groups is 1. The molecule has 0 saturated heterocycles. The van der Waals surface area contributed by atoms with Gasteiger partial charge in [-0.3, -0.25) is 0 Å². The number of amides is 1. The van der Waals surface area contributed by atoms with Crippen molar-refractivity contribution in [1.82, 2.24) is 9.88 Å². The molecule has 3 aromatic rings. The van der Waals surface area contributed by atoms with Gasteiger partial charge in [-0.15, -0.1) is 0 Å². The Labute approximate surface area is 221 Å². The minimum absolute atomic E-state index is 0.0396. The molecule has 1 fully saturated rings. The van der Waals surface area contributed by atoms with Crippen molar-refractivity contribution in [3.63, 3.8) is 0 Å². The maximum Gasteiger partial charge on any atom is 0.416 e. The van der Waals surface area contributed by atoms with Crippen molar-refractivity contribution in [3.05, 3.63) is 70.9 Å². The molecule has 4 rings (SSSR count). The number of hydrogen-bond donors (Lipinski definition) is 1. The van der Waals surface area contributed by atoms with Crippen LogP contribution in [0.3, 0.4) is 0 Å². The van der Waals surface area contributed by atoms with Crippen LogP contribution >= 0.6 is 0 Å². The van der Waals surface area contributed by atoms with Crippen LogP contribution in [-0.4, -0.2) is 23.8 Å². The third-order valence-corrected chi connectivity index (χ3v) is 6.83. The molecular formula is C28H28F6N2O3. The molecule has 210 valence electrons. The molecule has 11 heteroatoms. The van der Waals surface area contributed by atoms with Crippen LogP contribution in [-0.2, 0) is 18.9 Å². The van der Waals surface area contributed by atoms with Gasteiger partial charge in [-0.05, 0) is 61.2 Å². The number of benzene rings is 2. The standard InChI is InChI=1S/C28H28F6N2O3/c1-17-25(39-26(37)35-22-6-4-3-5-7-22)15-24(36(17)16-18-8-10-23(38-2)11-9-18)19-12-20(27(29,30)31)14-21(13-19)28(32,33)34/h8-15,22H,3-7,16H2,1-2H3,(H,35,37). The number of nitrogens with one attached hydrogen (secondary N) is 1. The molecule has 0 radical (unpaired) electrons. The molecule has 1 heterocycles. The number of alkyl halides is 6. The molecule has 1 aromatic heterocycles. The summed E-state index contributed by atoms with van der Waals surface area (Å²) in [6, 6.07) is 9.50. The first-order valence-corrected chi connectivity index (χ1v) is 12.5. The molecule has 0 unspecified atom stereocenters. The molecule has 2 aromatic carbocycles. The second-order valence-corrected chi connectivity index (χ2v) is 9.58. The molecule has 0 aliphatic heterocycles. The average Bonchev–Trinajstić information content (AvgIpc) is 3.18. The summed E-state index contributed by atoms with van der Waals surface area (Å²) >= 11 is 0. The number of ether oxygens (including phenoxy) is 2. The van der Waals surface area contributed by atoms with Gasteiger partial charge in [0, 0.05) is 18.7 Å². The first-order valence-electron chi connectivity index (χ1n) is 12.5. The fourth-order valence-corrected chi connectivity index (χ4v) is 4.73. The first-order chi connectivity index (χ1) is 18.3. The van der Waals surface area contributed by atoms with Gasteiger partial charge in [-0.1, -0.05) is 31.4 Å². The summed E-state index contributed by atoms with van der Waals surface area (Å²) in [5.41, 5.74) is -2.06. The minimum Gasteiger partial charge on any atom is -0.497 e. The quantitative estimate of drug-likeness (QED) is 0.315. The predicted octanol–water partition coefficient (Wildman–Crippen LogP) is 7.98. The Morgan fingerprint density at radius 3 is 2.05 bits per heavy atom. The number of rotatable bonds is 6. The van der Waals surface area contributed by atoms with Crippen molar-refractivity contribution < 1.29 is 40.6 Å². The molecule has 0 bridgehead atoms. The maximum absolute atomic E-state index is 13.6. The van der Waals surface area contributed by atoms with E-state index in [4.69, 9.17) is 9.47 Å². The van der Waals surface area contributed by atoms with Crippen molar-refractivity contribution in [2.75, 3.05) is 7.11 Å². The summed E-state index contributed by atoms with van der Waals surface area (Å²) in [6.45, 7) is 1.69. The van der Waals surface area contributed by atoms with Crippen LogP contribution in [0.4, 0.5) is 31.1 Å². The SMILES string of the molecule is COc1ccc(Cn2c(-c3cc(C(F)(F)F)cc(C(F)(F)F)c3)cc(OC(=O)NC3CCCCC3)c2C)cc1. The highest BCUT2D eigenvalue weighted by molar-refractivity contribution is 5.73. The van der Waals surface area contributed by atoms with Crippen molar-refractivity contribution in [1.29, 1.82) is 0 Å². The van der Waals surface area contributed by atoms with E-state index in [0.717, 1.165) is 32.1 Å². The Morgan fingerprint density at radius 2 is 1.51 bits per heavy atom. The van der Waals surface area contributed by atoms with Crippen LogP contribution in [0, 0.1) is 6.92 Å². The number of hydrogen-bond acceptors (Lipinski definition) is 3. The van der Waals surface area contributed by atoms with E-state index in [9.17, 15) is 31.1 Å². The highest BCUT2D eigenvalue weighted by Crippen LogP contribution is 2.40. The van der Waals surface area contributed by atoms with Gasteiger partial charge in [0.25, 0.3) is 0 Å². The van der Waals surface area contributed by atoms with E-state index in [1.165, 1.54) is 17.7 Å². The van der Waals surface area contributed by atoms with Gasteiger partial charge in [0.1, 0.15) is 5.75 Å².